The van der Waals surface area contributed by atoms with Crippen LogP contribution >= 0.6 is 22.6 Å². The van der Waals surface area contributed by atoms with Crippen LogP contribution in [0.4, 0.5) is 0 Å². The summed E-state index contributed by atoms with van der Waals surface area (Å²) in [6.07, 6.45) is 0. The zero-order chi connectivity index (χ0) is 3.41. The summed E-state index contributed by atoms with van der Waals surface area (Å²) in [5, 5.41) is 0. The Kier molecular flexibility index (Phi) is 3.55. The molecule has 0 aromatic carbocycles. The molecule has 24 valence electrons. The van der Waals surface area contributed by atoms with Gasteiger partial charge in [0.1, 0.15) is 0 Å². The monoisotopic (exact) mass is 94.0 g/mol. The Labute approximate surface area is 33.4 Å². The lowest BCUT2D eigenvalue weighted by atomic mass is 13.3. The summed E-state index contributed by atoms with van der Waals surface area (Å²) < 4.78 is 2.77. The second-order valence-electron chi connectivity index (χ2n) is 0.173. The molecule has 2 nitrogen and oxygen atoms in total. The van der Waals surface area contributed by atoms with Crippen molar-refractivity contribution in [2.45, 2.75) is 0 Å². The van der Waals surface area contributed by atoms with Crippen LogP contribution in [0.5, 0.6) is 0 Å². The standard InChI is InChI=1S/H2N2S2/c1-2-4-3/h1,3H. The Hall–Kier alpha value is 0.300. The summed E-state index contributed by atoms with van der Waals surface area (Å²) in [6.45, 7) is 0. The third kappa shape index (κ3) is 2.30. The first kappa shape index (κ1) is 4.30. The summed E-state index contributed by atoms with van der Waals surface area (Å²) >= 11 is 3.48. The molecule has 0 amide bonds. The largest absolute Gasteiger partial charge is 0.197 e. The molecule has 0 aliphatic carbocycles. The maximum absolute atomic E-state index is 5.96. The van der Waals surface area contributed by atoms with Gasteiger partial charge >= 0.3 is 0 Å². The predicted octanol–water partition coefficient (Wildman–Crippen LogP) is 1.51. The molecular weight excluding hydrogens is 92.1 g/mol. The van der Waals surface area contributed by atoms with Crippen molar-refractivity contribution in [3.63, 3.8) is 0 Å². The van der Waals surface area contributed by atoms with Crippen LogP contribution in [-0.4, -0.2) is 0 Å². The number of rotatable bonds is 1. The molecule has 0 radical (unpaired) electrons. The van der Waals surface area contributed by atoms with E-state index in [0.717, 1.165) is 11.0 Å². The van der Waals surface area contributed by atoms with E-state index in [0.29, 0.717) is 0 Å². The van der Waals surface area contributed by atoms with Crippen LogP contribution in [0.3, 0.4) is 0 Å². The summed E-state index contributed by atoms with van der Waals surface area (Å²) in [4.78, 5) is 0. The molecule has 0 fully saturated rings. The number of hydrogen-bond acceptors (Lipinski definition) is 4. The molecule has 0 aromatic heterocycles. The Balaban J connectivity index is 2.30. The van der Waals surface area contributed by atoms with Gasteiger partial charge in [0.25, 0.3) is 0 Å². The first-order chi connectivity index (χ1) is 1.91. The average Bonchev–Trinajstić information content (AvgIpc) is 1.37. The van der Waals surface area contributed by atoms with E-state index in [1.807, 2.05) is 0 Å². The third-order valence-electron chi connectivity index (χ3n) is 0.0408. The molecule has 0 spiro atoms. The predicted molar refractivity (Wildman–Crippen MR) is 21.7 cm³/mol. The van der Waals surface area contributed by atoms with Crippen molar-refractivity contribution >= 4 is 22.6 Å². The van der Waals surface area contributed by atoms with Gasteiger partial charge in [0.15, 0.2) is 0 Å². The molecule has 0 bridgehead atoms. The van der Waals surface area contributed by atoms with E-state index in [-0.39, 0.29) is 0 Å². The minimum absolute atomic E-state index is 0.843. The molecule has 4 heavy (non-hydrogen) atoms. The average molecular weight is 94.2 g/mol. The lowest BCUT2D eigenvalue weighted by Crippen LogP contribution is -1.09. The minimum atomic E-state index is 0.843. The fourth-order valence-electron chi connectivity index (χ4n) is 0. The van der Waals surface area contributed by atoms with Gasteiger partial charge in [-0.15, -0.1) is 4.52 Å². The Bertz CT molecular complexity index is 18.0. The van der Waals surface area contributed by atoms with Crippen LogP contribution in [0, 0.1) is 5.53 Å². The SMILES string of the molecule is N=NSS. The van der Waals surface area contributed by atoms with Crippen molar-refractivity contribution in [3.8, 4) is 0 Å². The van der Waals surface area contributed by atoms with E-state index in [2.05, 4.69) is 16.2 Å². The van der Waals surface area contributed by atoms with E-state index >= 15 is 0 Å². The topological polar surface area (TPSA) is 36.2 Å². The van der Waals surface area contributed by atoms with Crippen molar-refractivity contribution < 1.29 is 0 Å². The molecular formula is H2N2S2. The van der Waals surface area contributed by atoms with E-state index in [9.17, 15) is 0 Å². The quantitative estimate of drug-likeness (QED) is 0.220. The molecule has 0 aliphatic rings. The second-order valence-corrected chi connectivity index (χ2v) is 1.01. The number of hydrogen-bond donors (Lipinski definition) is 2. The molecule has 0 rings (SSSR count). The van der Waals surface area contributed by atoms with E-state index in [1.165, 1.54) is 0 Å². The fourth-order valence-corrected chi connectivity index (χ4v) is 0. The van der Waals surface area contributed by atoms with Crippen LogP contribution in [0.2, 0.25) is 0 Å². The first-order valence-corrected chi connectivity index (χ1v) is 2.41. The molecule has 0 atom stereocenters. The van der Waals surface area contributed by atoms with Crippen molar-refractivity contribution in [1.82, 2.24) is 0 Å². The number of nitrogens with zero attached hydrogens (tertiary/aromatic N) is 1. The summed E-state index contributed by atoms with van der Waals surface area (Å²) in [6, 6.07) is 0. The normalized spacial score (nSPS) is 6.25. The third-order valence-corrected chi connectivity index (χ3v) is 0.367. The smallest absolute Gasteiger partial charge is 0.0634 e. The van der Waals surface area contributed by atoms with E-state index in [4.69, 9.17) is 5.53 Å². The van der Waals surface area contributed by atoms with Crippen LogP contribution in [0.1, 0.15) is 0 Å². The summed E-state index contributed by atoms with van der Waals surface area (Å²) in [5.41, 5.74) is 5.96. The minimum Gasteiger partial charge on any atom is -0.197 e. The van der Waals surface area contributed by atoms with Crippen molar-refractivity contribution in [1.29, 1.82) is 5.53 Å². The zero-order valence-corrected chi connectivity index (χ0v) is 3.51. The number of thiol groups is 1. The van der Waals surface area contributed by atoms with Gasteiger partial charge in [0.2, 0.25) is 0 Å². The Morgan fingerprint density at radius 2 is 2.25 bits per heavy atom. The molecule has 0 saturated heterocycles. The fraction of sp³-hybridized carbons (Fsp3) is 0. The maximum atomic E-state index is 5.96. The highest BCUT2D eigenvalue weighted by Gasteiger charge is 1.48. The molecule has 0 heterocycles. The molecule has 4 heteroatoms. The van der Waals surface area contributed by atoms with Gasteiger partial charge in [0, 0.05) is 0 Å². The van der Waals surface area contributed by atoms with Gasteiger partial charge in [-0.2, -0.15) is 5.53 Å². The van der Waals surface area contributed by atoms with Crippen LogP contribution in [0.15, 0.2) is 4.52 Å². The highest BCUT2D eigenvalue weighted by molar-refractivity contribution is 8.68. The van der Waals surface area contributed by atoms with Crippen molar-refractivity contribution in [2.75, 3.05) is 0 Å². The highest BCUT2D eigenvalue weighted by Crippen LogP contribution is 2.02. The van der Waals surface area contributed by atoms with Crippen LogP contribution < -0.4 is 0 Å². The second kappa shape index (κ2) is 3.30. The van der Waals surface area contributed by atoms with Gasteiger partial charge in [-0.25, -0.2) is 0 Å². The maximum Gasteiger partial charge on any atom is 0.0634 e. The van der Waals surface area contributed by atoms with Gasteiger partial charge in [0.05, 0.1) is 11.0 Å². The molecule has 0 saturated carbocycles. The lowest BCUT2D eigenvalue weighted by molar-refractivity contribution is 1.26. The van der Waals surface area contributed by atoms with Crippen molar-refractivity contribution in [3.05, 3.63) is 0 Å². The van der Waals surface area contributed by atoms with Crippen molar-refractivity contribution in [2.24, 2.45) is 4.52 Å². The first-order valence-electron chi connectivity index (χ1n) is 0.589. The Morgan fingerprint density at radius 3 is 2.25 bits per heavy atom. The lowest BCUT2D eigenvalue weighted by Gasteiger charge is -1.55. The molecule has 0 aromatic rings. The van der Waals surface area contributed by atoms with Gasteiger partial charge < -0.3 is 0 Å². The van der Waals surface area contributed by atoms with E-state index in [1.54, 1.807) is 0 Å². The number of nitrogens with one attached hydrogen (secondary N) is 1. The van der Waals surface area contributed by atoms with Gasteiger partial charge in [-0.3, -0.25) is 0 Å². The Morgan fingerprint density at radius 1 is 2.00 bits per heavy atom. The highest BCUT2D eigenvalue weighted by atomic mass is 33.1. The van der Waals surface area contributed by atoms with E-state index < -0.39 is 0 Å². The van der Waals surface area contributed by atoms with Crippen LogP contribution in [0.25, 0.3) is 0 Å². The molecule has 0 aliphatic heterocycles. The summed E-state index contributed by atoms with van der Waals surface area (Å²) in [7, 11) is 0.843. The van der Waals surface area contributed by atoms with Gasteiger partial charge in [-0.05, 0) is 0 Å². The van der Waals surface area contributed by atoms with Crippen LogP contribution in [-0.2, 0) is 0 Å². The zero-order valence-electron chi connectivity index (χ0n) is 1.80. The molecule has 1 N–H and O–H groups in total. The summed E-state index contributed by atoms with van der Waals surface area (Å²) in [5.74, 6) is 0. The molecule has 0 unspecified atom stereocenters. The van der Waals surface area contributed by atoms with Gasteiger partial charge in [-0.1, -0.05) is 11.7 Å².